The SMILES string of the molecule is C=CC(=O)Nc1cc(Nc2ncc(OC(F)F)c(-c3cn4c5c(cccc35)CCC4)n2)c(OC)cc1N(C)CCN(C)C. The van der Waals surface area contributed by atoms with Gasteiger partial charge < -0.3 is 34.5 Å². The van der Waals surface area contributed by atoms with E-state index in [1.807, 2.05) is 44.4 Å². The van der Waals surface area contributed by atoms with Crippen molar-refractivity contribution in [3.8, 4) is 22.8 Å². The lowest BCUT2D eigenvalue weighted by molar-refractivity contribution is -0.111. The molecule has 0 bridgehead atoms. The van der Waals surface area contributed by atoms with Crippen molar-refractivity contribution in [3.05, 3.63) is 60.9 Å². The lowest BCUT2D eigenvalue weighted by Crippen LogP contribution is -2.29. The van der Waals surface area contributed by atoms with Crippen molar-refractivity contribution in [2.45, 2.75) is 26.0 Å². The van der Waals surface area contributed by atoms with Gasteiger partial charge in [-0.25, -0.2) is 9.97 Å². The number of ether oxygens (including phenoxy) is 2. The van der Waals surface area contributed by atoms with Crippen molar-refractivity contribution in [3.63, 3.8) is 0 Å². The number of aryl methyl sites for hydroxylation is 2. The number of nitrogens with zero attached hydrogens (tertiary/aromatic N) is 5. The normalized spacial score (nSPS) is 12.5. The van der Waals surface area contributed by atoms with E-state index in [4.69, 9.17) is 9.47 Å². The zero-order valence-corrected chi connectivity index (χ0v) is 24.7. The van der Waals surface area contributed by atoms with Gasteiger partial charge in [0, 0.05) is 49.9 Å². The third-order valence-electron chi connectivity index (χ3n) is 7.35. The van der Waals surface area contributed by atoms with E-state index in [0.717, 1.165) is 42.5 Å². The summed E-state index contributed by atoms with van der Waals surface area (Å²) >= 11 is 0. The first-order valence-corrected chi connectivity index (χ1v) is 13.9. The van der Waals surface area contributed by atoms with E-state index in [2.05, 4.69) is 42.7 Å². The minimum absolute atomic E-state index is 0.131. The number of benzene rings is 2. The molecule has 3 heterocycles. The maximum absolute atomic E-state index is 13.4. The summed E-state index contributed by atoms with van der Waals surface area (Å²) < 4.78 is 39.6. The Labute approximate surface area is 248 Å². The molecule has 0 atom stereocenters. The fourth-order valence-corrected chi connectivity index (χ4v) is 5.28. The van der Waals surface area contributed by atoms with Crippen LogP contribution in [-0.4, -0.2) is 73.3 Å². The largest absolute Gasteiger partial charge is 0.494 e. The molecule has 0 radical (unpaired) electrons. The number of anilines is 4. The van der Waals surface area contributed by atoms with Crippen molar-refractivity contribution in [1.29, 1.82) is 0 Å². The Morgan fingerprint density at radius 2 is 2.00 bits per heavy atom. The molecule has 0 unspecified atom stereocenters. The number of amides is 1. The molecule has 2 N–H and O–H groups in total. The van der Waals surface area contributed by atoms with Crippen molar-refractivity contribution in [1.82, 2.24) is 19.4 Å². The van der Waals surface area contributed by atoms with E-state index >= 15 is 0 Å². The molecule has 5 rings (SSSR count). The van der Waals surface area contributed by atoms with Gasteiger partial charge in [-0.05, 0) is 44.6 Å². The van der Waals surface area contributed by atoms with Crippen LogP contribution in [0.25, 0.3) is 22.2 Å². The number of aromatic nitrogens is 3. The summed E-state index contributed by atoms with van der Waals surface area (Å²) in [7, 11) is 7.42. The average molecular weight is 592 g/mol. The fourth-order valence-electron chi connectivity index (χ4n) is 5.28. The minimum Gasteiger partial charge on any atom is -0.494 e. The molecule has 2 aromatic heterocycles. The number of nitrogens with one attached hydrogen (secondary N) is 2. The average Bonchev–Trinajstić information content (AvgIpc) is 3.36. The Hall–Kier alpha value is -4.71. The topological polar surface area (TPSA) is 96.8 Å². The third kappa shape index (κ3) is 6.38. The zero-order chi connectivity index (χ0) is 30.7. The number of carbonyl (C=O) groups excluding carboxylic acids is 1. The van der Waals surface area contributed by atoms with E-state index in [1.165, 1.54) is 24.9 Å². The maximum Gasteiger partial charge on any atom is 0.387 e. The lowest BCUT2D eigenvalue weighted by Gasteiger charge is -2.26. The van der Waals surface area contributed by atoms with Gasteiger partial charge >= 0.3 is 6.61 Å². The number of methoxy groups -OCH3 is 1. The Balaban J connectivity index is 1.58. The van der Waals surface area contributed by atoms with Crippen LogP contribution in [0.15, 0.2) is 55.4 Å². The van der Waals surface area contributed by atoms with E-state index in [1.54, 1.807) is 12.1 Å². The van der Waals surface area contributed by atoms with Crippen LogP contribution in [0.4, 0.5) is 31.8 Å². The second-order valence-electron chi connectivity index (χ2n) is 10.6. The molecule has 226 valence electrons. The summed E-state index contributed by atoms with van der Waals surface area (Å²) in [5, 5.41) is 6.91. The predicted molar refractivity (Wildman–Crippen MR) is 165 cm³/mol. The molecule has 10 nitrogen and oxygen atoms in total. The summed E-state index contributed by atoms with van der Waals surface area (Å²) in [6, 6.07) is 9.53. The molecule has 1 aliphatic heterocycles. The molecule has 43 heavy (non-hydrogen) atoms. The molecule has 0 spiro atoms. The number of alkyl halides is 2. The summed E-state index contributed by atoms with van der Waals surface area (Å²) in [6.07, 6.45) is 6.29. The lowest BCUT2D eigenvalue weighted by atomic mass is 10.0. The van der Waals surface area contributed by atoms with Crippen LogP contribution in [0.3, 0.4) is 0 Å². The molecular weight excluding hydrogens is 556 g/mol. The molecule has 1 amide bonds. The van der Waals surface area contributed by atoms with Crippen LogP contribution in [0, 0.1) is 0 Å². The van der Waals surface area contributed by atoms with E-state index in [9.17, 15) is 13.6 Å². The number of hydrogen-bond acceptors (Lipinski definition) is 8. The molecule has 2 aromatic carbocycles. The molecule has 0 saturated heterocycles. The van der Waals surface area contributed by atoms with Crippen molar-refractivity contribution in [2.75, 3.05) is 56.9 Å². The molecule has 1 aliphatic rings. The highest BCUT2D eigenvalue weighted by atomic mass is 19.3. The molecule has 12 heteroatoms. The summed E-state index contributed by atoms with van der Waals surface area (Å²) in [4.78, 5) is 25.3. The standard InChI is InChI=1S/C31H35F2N7O3/c1-6-27(41)35-22-15-23(25(42-5)16-24(22)39(4)14-13-38(2)3)36-31-34-17-26(43-30(32)33)28(37-31)21-18-40-12-8-10-19-9-7-11-20(21)29(19)40/h6-7,9,11,15-18,30H,1,8,10,12-14H2,2-5H3,(H,35,41)(H,34,36,37). The van der Waals surface area contributed by atoms with Gasteiger partial charge in [-0.2, -0.15) is 8.78 Å². The molecular formula is C31H35F2N7O3. The van der Waals surface area contributed by atoms with E-state index in [0.29, 0.717) is 29.2 Å². The Morgan fingerprint density at radius 1 is 1.19 bits per heavy atom. The fraction of sp³-hybridized carbons (Fsp3) is 0.323. The van der Waals surface area contributed by atoms with E-state index in [-0.39, 0.29) is 23.3 Å². The molecule has 0 aliphatic carbocycles. The van der Waals surface area contributed by atoms with Gasteiger partial charge in [0.05, 0.1) is 35.9 Å². The van der Waals surface area contributed by atoms with Gasteiger partial charge in [-0.15, -0.1) is 0 Å². The quantitative estimate of drug-likeness (QED) is 0.208. The van der Waals surface area contributed by atoms with E-state index < -0.39 is 6.61 Å². The highest BCUT2D eigenvalue weighted by Crippen LogP contribution is 2.41. The second-order valence-corrected chi connectivity index (χ2v) is 10.6. The summed E-state index contributed by atoms with van der Waals surface area (Å²) in [5.41, 5.74) is 4.88. The van der Waals surface area contributed by atoms with Crippen molar-refractivity contribution in [2.24, 2.45) is 0 Å². The predicted octanol–water partition coefficient (Wildman–Crippen LogP) is 5.52. The minimum atomic E-state index is -3.05. The van der Waals surface area contributed by atoms with Gasteiger partial charge in [0.15, 0.2) is 5.75 Å². The highest BCUT2D eigenvalue weighted by molar-refractivity contribution is 6.02. The van der Waals surface area contributed by atoms with Gasteiger partial charge in [0.25, 0.3) is 0 Å². The van der Waals surface area contributed by atoms with Gasteiger partial charge in [0.2, 0.25) is 11.9 Å². The molecule has 0 fully saturated rings. The first-order valence-electron chi connectivity index (χ1n) is 13.9. The Morgan fingerprint density at radius 3 is 2.72 bits per heavy atom. The van der Waals surface area contributed by atoms with Crippen LogP contribution < -0.4 is 25.0 Å². The van der Waals surface area contributed by atoms with Crippen molar-refractivity contribution >= 4 is 39.8 Å². The summed E-state index contributed by atoms with van der Waals surface area (Å²) in [5.74, 6) is 0.0941. The monoisotopic (exact) mass is 591 g/mol. The first kappa shape index (κ1) is 29.8. The highest BCUT2D eigenvalue weighted by Gasteiger charge is 2.23. The molecule has 4 aromatic rings. The maximum atomic E-state index is 13.4. The number of carbonyl (C=O) groups is 1. The smallest absolute Gasteiger partial charge is 0.387 e. The van der Waals surface area contributed by atoms with Crippen LogP contribution in [0.1, 0.15) is 12.0 Å². The van der Waals surface area contributed by atoms with Crippen LogP contribution in [0.2, 0.25) is 0 Å². The second kappa shape index (κ2) is 12.7. The zero-order valence-electron chi connectivity index (χ0n) is 24.7. The summed E-state index contributed by atoms with van der Waals surface area (Å²) in [6.45, 7) is 2.81. The van der Waals surface area contributed by atoms with Crippen LogP contribution in [0.5, 0.6) is 11.5 Å². The third-order valence-corrected chi connectivity index (χ3v) is 7.35. The number of halogens is 2. The number of para-hydroxylation sites is 1. The Kier molecular flexibility index (Phi) is 8.76. The van der Waals surface area contributed by atoms with Crippen molar-refractivity contribution < 1.29 is 23.0 Å². The van der Waals surface area contributed by atoms with Crippen LogP contribution in [-0.2, 0) is 17.8 Å². The number of hydrogen-bond donors (Lipinski definition) is 2. The van der Waals surface area contributed by atoms with Crippen LogP contribution >= 0.6 is 0 Å². The number of likely N-dealkylation sites (N-methyl/N-ethyl adjacent to an activating group) is 2. The first-order chi connectivity index (χ1) is 20.7. The van der Waals surface area contributed by atoms with Gasteiger partial charge in [-0.1, -0.05) is 24.8 Å². The molecule has 0 saturated carbocycles. The number of rotatable bonds is 12. The van der Waals surface area contributed by atoms with Gasteiger partial charge in [-0.3, -0.25) is 4.79 Å². The van der Waals surface area contributed by atoms with Gasteiger partial charge in [0.1, 0.15) is 11.4 Å². The Bertz CT molecular complexity index is 1650.